The molecule has 2 rings (SSSR count). The van der Waals surface area contributed by atoms with Crippen LogP contribution >= 0.6 is 22.9 Å². The smallest absolute Gasteiger partial charge is 0.287 e. The third kappa shape index (κ3) is 3.80. The second-order valence-electron chi connectivity index (χ2n) is 4.91. The molecule has 0 bridgehead atoms. The molecular formula is C13H17ClN4OS. The second-order valence-corrected chi connectivity index (χ2v) is 6.01. The number of nitrogens with one attached hydrogen (secondary N) is 1. The molecule has 2 aromatic heterocycles. The summed E-state index contributed by atoms with van der Waals surface area (Å²) in [6.45, 7) is 5.29. The largest absolute Gasteiger partial charge is 0.382 e. The molecule has 2 heterocycles. The lowest BCUT2D eigenvalue weighted by molar-refractivity contribution is 0.464. The van der Waals surface area contributed by atoms with Crippen LogP contribution in [0.5, 0.6) is 0 Å². The normalized spacial score (nSPS) is 11.0. The molecule has 0 atom stereocenters. The van der Waals surface area contributed by atoms with E-state index in [1.165, 1.54) is 4.68 Å². The van der Waals surface area contributed by atoms with Crippen LogP contribution in [0.1, 0.15) is 19.5 Å². The molecule has 0 spiro atoms. The minimum atomic E-state index is -0.251. The zero-order valence-corrected chi connectivity index (χ0v) is 13.0. The number of anilines is 1. The minimum Gasteiger partial charge on any atom is -0.382 e. The topological polar surface area (TPSA) is 59.8 Å². The summed E-state index contributed by atoms with van der Waals surface area (Å²) in [6.07, 6.45) is 2.39. The highest BCUT2D eigenvalue weighted by Crippen LogP contribution is 2.15. The highest BCUT2D eigenvalue weighted by molar-refractivity contribution is 7.07. The predicted octanol–water partition coefficient (Wildman–Crippen LogP) is 2.66. The number of nitrogens with zero attached hydrogens (tertiary/aromatic N) is 3. The van der Waals surface area contributed by atoms with Gasteiger partial charge in [0.15, 0.2) is 0 Å². The molecule has 0 aliphatic carbocycles. The Labute approximate surface area is 126 Å². The van der Waals surface area contributed by atoms with E-state index >= 15 is 0 Å². The molecule has 7 heteroatoms. The summed E-state index contributed by atoms with van der Waals surface area (Å²) in [5, 5.41) is 9.46. The minimum absolute atomic E-state index is 0.193. The summed E-state index contributed by atoms with van der Waals surface area (Å²) in [5.41, 5.74) is 3.16. The summed E-state index contributed by atoms with van der Waals surface area (Å²) in [4.78, 5) is 16.2. The van der Waals surface area contributed by atoms with Crippen molar-refractivity contribution in [2.75, 3.05) is 11.9 Å². The van der Waals surface area contributed by atoms with Gasteiger partial charge in [-0.1, -0.05) is 25.4 Å². The van der Waals surface area contributed by atoms with Gasteiger partial charge in [0.05, 0.1) is 23.1 Å². The number of thiazole rings is 1. The Morgan fingerprint density at radius 3 is 2.95 bits per heavy atom. The zero-order chi connectivity index (χ0) is 14.5. The maximum atomic E-state index is 12.0. The lowest BCUT2D eigenvalue weighted by Crippen LogP contribution is -2.26. The summed E-state index contributed by atoms with van der Waals surface area (Å²) < 4.78 is 1.40. The number of hydrogen-bond acceptors (Lipinski definition) is 5. The van der Waals surface area contributed by atoms with Crippen LogP contribution in [-0.4, -0.2) is 21.3 Å². The van der Waals surface area contributed by atoms with Gasteiger partial charge in [-0.05, 0) is 5.92 Å². The van der Waals surface area contributed by atoms with E-state index in [1.807, 2.05) is 19.2 Å². The molecule has 5 nitrogen and oxygen atoms in total. The summed E-state index contributed by atoms with van der Waals surface area (Å²) in [7, 11) is 0. The van der Waals surface area contributed by atoms with E-state index in [0.29, 0.717) is 24.7 Å². The predicted molar refractivity (Wildman–Crippen MR) is 82.7 cm³/mol. The van der Waals surface area contributed by atoms with Gasteiger partial charge in [-0.2, -0.15) is 5.10 Å². The molecular weight excluding hydrogens is 296 g/mol. The number of halogens is 1. The molecule has 20 heavy (non-hydrogen) atoms. The van der Waals surface area contributed by atoms with Gasteiger partial charge in [0.2, 0.25) is 0 Å². The first kappa shape index (κ1) is 15.0. The van der Waals surface area contributed by atoms with Crippen LogP contribution in [0, 0.1) is 5.92 Å². The van der Waals surface area contributed by atoms with Crippen LogP contribution in [0.4, 0.5) is 5.69 Å². The Hall–Kier alpha value is -1.40. The molecule has 0 fully saturated rings. The molecule has 2 aromatic rings. The van der Waals surface area contributed by atoms with E-state index in [-0.39, 0.29) is 10.6 Å². The SMILES string of the molecule is CC(C)Cn1ncc(NCCc2cscn2)c(Cl)c1=O. The van der Waals surface area contributed by atoms with Gasteiger partial charge in [0, 0.05) is 24.9 Å². The monoisotopic (exact) mass is 312 g/mol. The Kier molecular flexibility index (Phi) is 5.14. The number of aromatic nitrogens is 3. The van der Waals surface area contributed by atoms with Gasteiger partial charge in [-0.25, -0.2) is 9.67 Å². The fourth-order valence-corrected chi connectivity index (χ4v) is 2.56. The van der Waals surface area contributed by atoms with Crippen LogP contribution in [0.15, 0.2) is 21.9 Å². The first-order valence-corrected chi connectivity index (χ1v) is 7.76. The second kappa shape index (κ2) is 6.85. The highest BCUT2D eigenvalue weighted by Gasteiger charge is 2.10. The lowest BCUT2D eigenvalue weighted by Gasteiger charge is -2.11. The van der Waals surface area contributed by atoms with Crippen molar-refractivity contribution < 1.29 is 0 Å². The quantitative estimate of drug-likeness (QED) is 0.891. The van der Waals surface area contributed by atoms with Crippen molar-refractivity contribution in [2.45, 2.75) is 26.8 Å². The highest BCUT2D eigenvalue weighted by atomic mass is 35.5. The van der Waals surface area contributed by atoms with Crippen molar-refractivity contribution in [1.29, 1.82) is 0 Å². The van der Waals surface area contributed by atoms with Crippen LogP contribution in [0.2, 0.25) is 5.02 Å². The van der Waals surface area contributed by atoms with Crippen molar-refractivity contribution in [3.05, 3.63) is 38.2 Å². The first-order valence-electron chi connectivity index (χ1n) is 6.44. The van der Waals surface area contributed by atoms with E-state index in [0.717, 1.165) is 12.1 Å². The third-order valence-corrected chi connectivity index (χ3v) is 3.70. The Balaban J connectivity index is 2.02. The maximum absolute atomic E-state index is 12.0. The Bertz CT molecular complexity index is 609. The standard InChI is InChI=1S/C13H17ClN4OS/c1-9(2)6-18-13(19)12(14)11(5-17-18)15-4-3-10-7-20-8-16-10/h5,7-9,15H,3-4,6H2,1-2H3. The molecule has 0 unspecified atom stereocenters. The van der Waals surface area contributed by atoms with E-state index in [4.69, 9.17) is 11.6 Å². The van der Waals surface area contributed by atoms with Gasteiger partial charge in [0.25, 0.3) is 5.56 Å². The van der Waals surface area contributed by atoms with Gasteiger partial charge in [0.1, 0.15) is 5.02 Å². The Morgan fingerprint density at radius 1 is 1.50 bits per heavy atom. The first-order chi connectivity index (χ1) is 9.58. The van der Waals surface area contributed by atoms with Crippen LogP contribution in [0.3, 0.4) is 0 Å². The van der Waals surface area contributed by atoms with Crippen LogP contribution < -0.4 is 10.9 Å². The lowest BCUT2D eigenvalue weighted by atomic mass is 10.2. The van der Waals surface area contributed by atoms with Crippen molar-refractivity contribution in [1.82, 2.24) is 14.8 Å². The average Bonchev–Trinajstić information content (AvgIpc) is 2.90. The van der Waals surface area contributed by atoms with Crippen molar-refractivity contribution >= 4 is 28.6 Å². The van der Waals surface area contributed by atoms with Gasteiger partial charge in [-0.15, -0.1) is 11.3 Å². The fraction of sp³-hybridized carbons (Fsp3) is 0.462. The van der Waals surface area contributed by atoms with Crippen molar-refractivity contribution in [3.63, 3.8) is 0 Å². The molecule has 0 aliphatic heterocycles. The van der Waals surface area contributed by atoms with Crippen molar-refractivity contribution in [3.8, 4) is 0 Å². The fourth-order valence-electron chi connectivity index (χ4n) is 1.75. The maximum Gasteiger partial charge on any atom is 0.287 e. The van der Waals surface area contributed by atoms with E-state index in [1.54, 1.807) is 23.0 Å². The molecule has 108 valence electrons. The number of hydrogen-bond donors (Lipinski definition) is 1. The molecule has 0 amide bonds. The molecule has 0 saturated carbocycles. The molecule has 0 saturated heterocycles. The average molecular weight is 313 g/mol. The van der Waals surface area contributed by atoms with Crippen LogP contribution in [-0.2, 0) is 13.0 Å². The van der Waals surface area contributed by atoms with E-state index < -0.39 is 0 Å². The molecule has 0 aromatic carbocycles. The van der Waals surface area contributed by atoms with Gasteiger partial charge < -0.3 is 5.32 Å². The molecule has 1 N–H and O–H groups in total. The van der Waals surface area contributed by atoms with Gasteiger partial charge >= 0.3 is 0 Å². The van der Waals surface area contributed by atoms with Crippen molar-refractivity contribution in [2.24, 2.45) is 5.92 Å². The van der Waals surface area contributed by atoms with Crippen LogP contribution in [0.25, 0.3) is 0 Å². The molecule has 0 radical (unpaired) electrons. The third-order valence-electron chi connectivity index (χ3n) is 2.70. The van der Waals surface area contributed by atoms with Gasteiger partial charge in [-0.3, -0.25) is 4.79 Å². The van der Waals surface area contributed by atoms with E-state index in [9.17, 15) is 4.79 Å². The summed E-state index contributed by atoms with van der Waals surface area (Å²) >= 11 is 7.66. The Morgan fingerprint density at radius 2 is 2.30 bits per heavy atom. The number of rotatable bonds is 6. The zero-order valence-electron chi connectivity index (χ0n) is 11.5. The summed E-state index contributed by atoms with van der Waals surface area (Å²) in [6, 6.07) is 0. The summed E-state index contributed by atoms with van der Waals surface area (Å²) in [5.74, 6) is 0.347. The molecule has 0 aliphatic rings. The van der Waals surface area contributed by atoms with E-state index in [2.05, 4.69) is 15.4 Å².